The third-order valence-corrected chi connectivity index (χ3v) is 4.58. The molecule has 0 aromatic carbocycles. The molecule has 2 N–H and O–H groups in total. The molecule has 1 fully saturated rings. The first-order chi connectivity index (χ1) is 8.61. The first-order valence-corrected chi connectivity index (χ1v) is 7.87. The monoisotopic (exact) mass is 253 g/mol. The molecule has 0 aliphatic heterocycles. The van der Waals surface area contributed by atoms with E-state index in [4.69, 9.17) is 5.73 Å². The molecule has 2 heteroatoms. The molecule has 106 valence electrons. The highest BCUT2D eigenvalue weighted by Gasteiger charge is 2.16. The van der Waals surface area contributed by atoms with Gasteiger partial charge >= 0.3 is 0 Å². The van der Waals surface area contributed by atoms with Gasteiger partial charge in [-0.25, -0.2) is 0 Å². The van der Waals surface area contributed by atoms with Crippen LogP contribution in [0.4, 0.5) is 0 Å². The molecule has 1 rings (SSSR count). The smallest absolute Gasteiger partial charge is 0.146 e. The van der Waals surface area contributed by atoms with Gasteiger partial charge in [-0.1, -0.05) is 64.7 Å². The van der Waals surface area contributed by atoms with Crippen molar-refractivity contribution >= 4 is 5.78 Å². The van der Waals surface area contributed by atoms with Crippen molar-refractivity contribution in [2.75, 3.05) is 0 Å². The fourth-order valence-electron chi connectivity index (χ4n) is 3.13. The van der Waals surface area contributed by atoms with E-state index in [2.05, 4.69) is 6.92 Å². The molecule has 0 spiro atoms. The summed E-state index contributed by atoms with van der Waals surface area (Å²) in [7, 11) is 0. The highest BCUT2D eigenvalue weighted by Crippen LogP contribution is 2.28. The van der Waals surface area contributed by atoms with E-state index in [0.29, 0.717) is 5.92 Å². The summed E-state index contributed by atoms with van der Waals surface area (Å²) in [5, 5.41) is 0. The van der Waals surface area contributed by atoms with E-state index in [-0.39, 0.29) is 11.8 Å². The highest BCUT2D eigenvalue weighted by atomic mass is 16.1. The average molecular weight is 253 g/mol. The minimum Gasteiger partial charge on any atom is -0.321 e. The number of hydrogen-bond donors (Lipinski definition) is 1. The van der Waals surface area contributed by atoms with Crippen LogP contribution in [0.25, 0.3) is 0 Å². The minimum atomic E-state index is -0.247. The van der Waals surface area contributed by atoms with E-state index in [1.54, 1.807) is 6.92 Å². The lowest BCUT2D eigenvalue weighted by Crippen LogP contribution is -2.35. The van der Waals surface area contributed by atoms with Gasteiger partial charge in [0.15, 0.2) is 0 Å². The SMILES string of the molecule is CC(=O)C(N)C(C)CCCCCC1CCCCC1. The number of hydrogen-bond acceptors (Lipinski definition) is 2. The highest BCUT2D eigenvalue weighted by molar-refractivity contribution is 5.81. The van der Waals surface area contributed by atoms with Crippen LogP contribution in [0.3, 0.4) is 0 Å². The number of carbonyl (C=O) groups is 1. The Morgan fingerprint density at radius 3 is 2.44 bits per heavy atom. The molecule has 2 nitrogen and oxygen atoms in total. The lowest BCUT2D eigenvalue weighted by molar-refractivity contribution is -0.119. The number of nitrogens with two attached hydrogens (primary N) is 1. The Kier molecular flexibility index (Phi) is 7.57. The predicted octanol–water partition coefficient (Wildman–Crippen LogP) is 4.07. The van der Waals surface area contributed by atoms with Crippen LogP contribution in [0.5, 0.6) is 0 Å². The molecule has 1 saturated carbocycles. The van der Waals surface area contributed by atoms with E-state index < -0.39 is 0 Å². The molecule has 1 aliphatic rings. The molecule has 0 bridgehead atoms. The largest absolute Gasteiger partial charge is 0.321 e. The van der Waals surface area contributed by atoms with E-state index in [1.165, 1.54) is 57.8 Å². The van der Waals surface area contributed by atoms with Gasteiger partial charge in [0, 0.05) is 0 Å². The Morgan fingerprint density at radius 2 is 1.83 bits per heavy atom. The summed E-state index contributed by atoms with van der Waals surface area (Å²) in [4.78, 5) is 11.2. The van der Waals surface area contributed by atoms with E-state index >= 15 is 0 Å². The zero-order chi connectivity index (χ0) is 13.4. The van der Waals surface area contributed by atoms with Crippen molar-refractivity contribution in [3.05, 3.63) is 0 Å². The van der Waals surface area contributed by atoms with Crippen LogP contribution in [0.1, 0.15) is 78.1 Å². The standard InChI is InChI=1S/C16H31NO/c1-13(16(17)14(2)18)9-5-3-6-10-15-11-7-4-8-12-15/h13,15-16H,3-12,17H2,1-2H3. The Balaban J connectivity index is 1.99. The number of unbranched alkanes of at least 4 members (excludes halogenated alkanes) is 2. The van der Waals surface area contributed by atoms with Crippen LogP contribution in [0.2, 0.25) is 0 Å². The van der Waals surface area contributed by atoms with Crippen molar-refractivity contribution in [1.29, 1.82) is 0 Å². The summed E-state index contributed by atoms with van der Waals surface area (Å²) in [6, 6.07) is -0.247. The van der Waals surface area contributed by atoms with Gasteiger partial charge in [-0.3, -0.25) is 4.79 Å². The van der Waals surface area contributed by atoms with Crippen LogP contribution < -0.4 is 5.73 Å². The van der Waals surface area contributed by atoms with E-state index in [0.717, 1.165) is 12.3 Å². The summed E-state index contributed by atoms with van der Waals surface area (Å²) in [6.07, 6.45) is 13.7. The molecular formula is C16H31NO. The second-order valence-electron chi connectivity index (χ2n) is 6.26. The maximum absolute atomic E-state index is 11.2. The zero-order valence-electron chi connectivity index (χ0n) is 12.3. The molecular weight excluding hydrogens is 222 g/mol. The van der Waals surface area contributed by atoms with Crippen molar-refractivity contribution in [3.8, 4) is 0 Å². The molecule has 0 aromatic heterocycles. The van der Waals surface area contributed by atoms with Gasteiger partial charge in [0.2, 0.25) is 0 Å². The third kappa shape index (κ3) is 5.99. The topological polar surface area (TPSA) is 43.1 Å². The Morgan fingerprint density at radius 1 is 1.17 bits per heavy atom. The molecule has 1 aliphatic carbocycles. The second kappa shape index (κ2) is 8.68. The lowest BCUT2D eigenvalue weighted by atomic mass is 9.85. The maximum Gasteiger partial charge on any atom is 0.146 e. The Bertz CT molecular complexity index is 233. The summed E-state index contributed by atoms with van der Waals surface area (Å²) in [5.74, 6) is 1.48. The van der Waals surface area contributed by atoms with Crippen molar-refractivity contribution in [3.63, 3.8) is 0 Å². The van der Waals surface area contributed by atoms with E-state index in [9.17, 15) is 4.79 Å². The van der Waals surface area contributed by atoms with Crippen LogP contribution in [-0.4, -0.2) is 11.8 Å². The van der Waals surface area contributed by atoms with Crippen LogP contribution in [-0.2, 0) is 4.79 Å². The summed E-state index contributed by atoms with van der Waals surface area (Å²) < 4.78 is 0. The van der Waals surface area contributed by atoms with Crippen LogP contribution >= 0.6 is 0 Å². The lowest BCUT2D eigenvalue weighted by Gasteiger charge is -2.21. The van der Waals surface area contributed by atoms with Crippen molar-refractivity contribution in [2.45, 2.75) is 84.1 Å². The second-order valence-corrected chi connectivity index (χ2v) is 6.26. The predicted molar refractivity (Wildman–Crippen MR) is 77.5 cm³/mol. The van der Waals surface area contributed by atoms with Gasteiger partial charge in [-0.2, -0.15) is 0 Å². The third-order valence-electron chi connectivity index (χ3n) is 4.58. The number of rotatable bonds is 8. The molecule has 0 heterocycles. The molecule has 2 atom stereocenters. The normalized spacial score (nSPS) is 20.6. The van der Waals surface area contributed by atoms with Crippen molar-refractivity contribution < 1.29 is 4.79 Å². The van der Waals surface area contributed by atoms with Gasteiger partial charge in [0.25, 0.3) is 0 Å². The van der Waals surface area contributed by atoms with Crippen LogP contribution in [0.15, 0.2) is 0 Å². The Hall–Kier alpha value is -0.370. The fraction of sp³-hybridized carbons (Fsp3) is 0.938. The van der Waals surface area contributed by atoms with E-state index in [1.807, 2.05) is 0 Å². The van der Waals surface area contributed by atoms with Crippen molar-refractivity contribution in [1.82, 2.24) is 0 Å². The maximum atomic E-state index is 11.2. The summed E-state index contributed by atoms with van der Waals surface area (Å²) in [6.45, 7) is 3.71. The molecule has 0 amide bonds. The fourth-order valence-corrected chi connectivity index (χ4v) is 3.13. The Labute approximate surface area is 113 Å². The van der Waals surface area contributed by atoms with Crippen LogP contribution in [0, 0.1) is 11.8 Å². The number of carbonyl (C=O) groups excluding carboxylic acids is 1. The molecule has 0 radical (unpaired) electrons. The van der Waals surface area contributed by atoms with Gasteiger partial charge in [0.05, 0.1) is 6.04 Å². The van der Waals surface area contributed by atoms with Gasteiger partial charge in [-0.15, -0.1) is 0 Å². The molecule has 0 aromatic rings. The quantitative estimate of drug-likeness (QED) is 0.663. The van der Waals surface area contributed by atoms with Crippen molar-refractivity contribution in [2.24, 2.45) is 17.6 Å². The van der Waals surface area contributed by atoms with Gasteiger partial charge in [0.1, 0.15) is 5.78 Å². The number of Topliss-reactive ketones (excluding diaryl/α,β-unsaturated/α-hetero) is 1. The summed E-state index contributed by atoms with van der Waals surface area (Å²) >= 11 is 0. The molecule has 2 unspecified atom stereocenters. The van der Waals surface area contributed by atoms with Gasteiger partial charge in [-0.05, 0) is 25.2 Å². The minimum absolute atomic E-state index is 0.129. The number of ketones is 1. The molecule has 0 saturated heterocycles. The molecule has 18 heavy (non-hydrogen) atoms. The van der Waals surface area contributed by atoms with Gasteiger partial charge < -0.3 is 5.73 Å². The average Bonchev–Trinajstić information content (AvgIpc) is 2.38. The first-order valence-electron chi connectivity index (χ1n) is 7.87. The first kappa shape index (κ1) is 15.7. The summed E-state index contributed by atoms with van der Waals surface area (Å²) in [5.41, 5.74) is 5.84. The zero-order valence-corrected chi connectivity index (χ0v) is 12.3.